The Morgan fingerprint density at radius 3 is 0.500 bits per heavy atom. The minimum atomic E-state index is 0. The summed E-state index contributed by atoms with van der Waals surface area (Å²) in [5.74, 6) is 0. The molecule has 0 saturated heterocycles. The standard InChI is InChI=1S/Ir.5O.Ru.Zr/q+3;5*-2;+3;+4. The Bertz CT molecular complexity index is 12.4. The van der Waals surface area contributed by atoms with Gasteiger partial charge < -0.3 is 27.4 Å². The Morgan fingerprint density at radius 2 is 0.500 bits per heavy atom. The number of rotatable bonds is 0. The fourth-order valence-electron chi connectivity index (χ4n) is 0. The van der Waals surface area contributed by atoms with Crippen LogP contribution in [-0.2, 0) is 93.2 Å². The summed E-state index contributed by atoms with van der Waals surface area (Å²) in [7, 11) is 0. The molecule has 0 fully saturated rings. The van der Waals surface area contributed by atoms with E-state index in [1.54, 1.807) is 0 Å². The Hall–Kier alpha value is 1.96. The van der Waals surface area contributed by atoms with Gasteiger partial charge in [-0.2, -0.15) is 0 Å². The molecule has 0 N–H and O–H groups in total. The smallest absolute Gasteiger partial charge is 2.00 e. The predicted octanol–water partition coefficient (Wildman–Crippen LogP) is -0.601. The van der Waals surface area contributed by atoms with E-state index in [2.05, 4.69) is 0 Å². The van der Waals surface area contributed by atoms with Crippen LogP contribution in [0, 0.1) is 0 Å². The van der Waals surface area contributed by atoms with Crippen molar-refractivity contribution in [2.24, 2.45) is 0 Å². The van der Waals surface area contributed by atoms with Crippen LogP contribution in [-0.4, -0.2) is 0 Å². The summed E-state index contributed by atoms with van der Waals surface area (Å²) < 4.78 is 0. The monoisotopic (exact) mass is 465 g/mol. The maximum Gasteiger partial charge on any atom is 4.00 e. The molecule has 0 amide bonds. The summed E-state index contributed by atoms with van der Waals surface area (Å²) in [6, 6.07) is 0. The Labute approximate surface area is 92.4 Å². The van der Waals surface area contributed by atoms with Crippen LogP contribution in [0.3, 0.4) is 0 Å². The van der Waals surface area contributed by atoms with E-state index in [0.29, 0.717) is 0 Å². The third-order valence-corrected chi connectivity index (χ3v) is 0. The minimum Gasteiger partial charge on any atom is -2.00 e. The van der Waals surface area contributed by atoms with Crippen molar-refractivity contribution in [3.05, 3.63) is 0 Å². The first-order valence-corrected chi connectivity index (χ1v) is 0. The fraction of sp³-hybridized carbons (Fsp3) is 0. The second kappa shape index (κ2) is 148. The van der Waals surface area contributed by atoms with Gasteiger partial charge in [-0.1, -0.05) is 0 Å². The summed E-state index contributed by atoms with van der Waals surface area (Å²) in [6.45, 7) is 0. The van der Waals surface area contributed by atoms with Gasteiger partial charge in [0, 0.05) is 0 Å². The number of hydrogen-bond acceptors (Lipinski definition) is 0. The van der Waals surface area contributed by atoms with E-state index >= 15 is 0 Å². The van der Waals surface area contributed by atoms with Gasteiger partial charge in [-0.15, -0.1) is 0 Å². The Morgan fingerprint density at radius 1 is 0.500 bits per heavy atom. The van der Waals surface area contributed by atoms with Gasteiger partial charge in [-0.3, -0.25) is 0 Å². The van der Waals surface area contributed by atoms with Crippen molar-refractivity contribution in [1.82, 2.24) is 0 Å². The zero-order valence-corrected chi connectivity index (χ0v) is 9.82. The molecule has 0 atom stereocenters. The van der Waals surface area contributed by atoms with Crippen LogP contribution in [0.15, 0.2) is 0 Å². The summed E-state index contributed by atoms with van der Waals surface area (Å²) in [6.07, 6.45) is 0. The van der Waals surface area contributed by atoms with Crippen molar-refractivity contribution in [2.45, 2.75) is 0 Å². The van der Waals surface area contributed by atoms with Crippen molar-refractivity contribution in [2.75, 3.05) is 0 Å². The van der Waals surface area contributed by atoms with Gasteiger partial charge >= 0.3 is 65.8 Å². The third kappa shape index (κ3) is 101. The molecule has 0 aliphatic rings. The van der Waals surface area contributed by atoms with Crippen LogP contribution < -0.4 is 0 Å². The van der Waals surface area contributed by atoms with Crippen molar-refractivity contribution in [3.8, 4) is 0 Å². The van der Waals surface area contributed by atoms with Gasteiger partial charge in [0.25, 0.3) is 0 Å². The molecule has 0 bridgehead atoms. The molecule has 0 unspecified atom stereocenters. The first kappa shape index (κ1) is 209. The molecule has 51 valence electrons. The normalized spacial score (nSPS) is 0. The van der Waals surface area contributed by atoms with Crippen LogP contribution in [0.4, 0.5) is 0 Å². The van der Waals surface area contributed by atoms with Gasteiger partial charge in [-0.05, 0) is 0 Å². The van der Waals surface area contributed by atoms with Crippen molar-refractivity contribution < 1.29 is 93.2 Å². The van der Waals surface area contributed by atoms with Gasteiger partial charge in [-0.25, -0.2) is 0 Å². The maximum atomic E-state index is 0. The molecule has 0 aromatic heterocycles. The molecule has 0 rings (SSSR count). The molecule has 0 aromatic carbocycles. The molecule has 8 heteroatoms. The molecule has 0 saturated carbocycles. The van der Waals surface area contributed by atoms with E-state index in [1.807, 2.05) is 0 Å². The summed E-state index contributed by atoms with van der Waals surface area (Å²) in [4.78, 5) is 0. The van der Waals surface area contributed by atoms with Gasteiger partial charge in [0.1, 0.15) is 0 Å². The minimum absolute atomic E-state index is 0. The van der Waals surface area contributed by atoms with Crippen LogP contribution in [0.2, 0.25) is 0 Å². The maximum absolute atomic E-state index is 0. The van der Waals surface area contributed by atoms with Crippen molar-refractivity contribution in [3.63, 3.8) is 0 Å². The molecule has 5 nitrogen and oxygen atoms in total. The van der Waals surface area contributed by atoms with Crippen LogP contribution >= 0.6 is 0 Å². The molecule has 1 radical (unpaired) electrons. The molecule has 0 heterocycles. The van der Waals surface area contributed by atoms with Crippen LogP contribution in [0.1, 0.15) is 0 Å². The van der Waals surface area contributed by atoms with E-state index in [-0.39, 0.29) is 93.2 Å². The molecule has 0 spiro atoms. The average Bonchev–Trinajstić information content (AvgIpc) is 0. The largest absolute Gasteiger partial charge is 4.00 e. The van der Waals surface area contributed by atoms with Gasteiger partial charge in [0.05, 0.1) is 0 Å². The zero-order chi connectivity index (χ0) is 0. The molecule has 0 aromatic rings. The van der Waals surface area contributed by atoms with E-state index in [9.17, 15) is 0 Å². The predicted molar refractivity (Wildman–Crippen MR) is 3.43 cm³/mol. The molecule has 0 aliphatic carbocycles. The van der Waals surface area contributed by atoms with Crippen molar-refractivity contribution >= 4 is 0 Å². The Kier molecular flexibility index (Phi) is 3870. The van der Waals surface area contributed by atoms with E-state index in [4.69, 9.17) is 0 Å². The van der Waals surface area contributed by atoms with Crippen LogP contribution in [0.25, 0.3) is 0 Å². The molecular weight excluding hydrogens is 465 g/mol. The van der Waals surface area contributed by atoms with E-state index in [0.717, 1.165) is 0 Å². The first-order valence-electron chi connectivity index (χ1n) is 0. The second-order valence-electron chi connectivity index (χ2n) is 0. The van der Waals surface area contributed by atoms with Crippen LogP contribution in [0.5, 0.6) is 0 Å². The van der Waals surface area contributed by atoms with E-state index < -0.39 is 0 Å². The molecular formula is IrO5RuZr. The van der Waals surface area contributed by atoms with Gasteiger partial charge in [0.2, 0.25) is 0 Å². The van der Waals surface area contributed by atoms with Gasteiger partial charge in [0.15, 0.2) is 0 Å². The van der Waals surface area contributed by atoms with Crippen molar-refractivity contribution in [1.29, 1.82) is 0 Å². The second-order valence-corrected chi connectivity index (χ2v) is 0. The summed E-state index contributed by atoms with van der Waals surface area (Å²) >= 11 is 0. The quantitative estimate of drug-likeness (QED) is 0.422. The molecule has 8 heavy (non-hydrogen) atoms. The zero-order valence-electron chi connectivity index (χ0n) is 3.23. The topological polar surface area (TPSA) is 142 Å². The fourth-order valence-corrected chi connectivity index (χ4v) is 0. The summed E-state index contributed by atoms with van der Waals surface area (Å²) in [5, 5.41) is 0. The average molecular weight is 465 g/mol. The molecule has 0 aliphatic heterocycles. The Balaban J connectivity index is 0. The first-order chi connectivity index (χ1) is 0. The third-order valence-electron chi connectivity index (χ3n) is 0. The number of hydrogen-bond donors (Lipinski definition) is 0. The SMILES string of the molecule is [Ir+3].[O-2].[O-2].[O-2].[O-2].[O-2].[Ru+3].[Zr+4]. The van der Waals surface area contributed by atoms with E-state index in [1.165, 1.54) is 0 Å². The summed E-state index contributed by atoms with van der Waals surface area (Å²) in [5.41, 5.74) is 0.